The van der Waals surface area contributed by atoms with Crippen LogP contribution in [0.25, 0.3) is 0 Å². The summed E-state index contributed by atoms with van der Waals surface area (Å²) >= 11 is 0. The minimum Gasteiger partial charge on any atom is -0.478 e. The first-order valence-corrected chi connectivity index (χ1v) is 11.5. The van der Waals surface area contributed by atoms with E-state index in [4.69, 9.17) is 4.43 Å². The average Bonchev–Trinajstić information content (AvgIpc) is 3.09. The Labute approximate surface area is 149 Å². The number of benzene rings is 1. The molecule has 25 heavy (non-hydrogen) atoms. The molecule has 1 heterocycles. The summed E-state index contributed by atoms with van der Waals surface area (Å²) in [6, 6.07) is 8.19. The maximum absolute atomic E-state index is 11.2. The largest absolute Gasteiger partial charge is 0.478 e. The number of fused-ring (bicyclic) bond motifs is 1. The van der Waals surface area contributed by atoms with Crippen LogP contribution in [-0.4, -0.2) is 35.3 Å². The molecule has 1 aliphatic carbocycles. The lowest BCUT2D eigenvalue weighted by Gasteiger charge is -2.39. The van der Waals surface area contributed by atoms with Gasteiger partial charge in [-0.2, -0.15) is 5.10 Å². The number of nitrogens with zero attached hydrogens (tertiary/aromatic N) is 2. The van der Waals surface area contributed by atoms with Gasteiger partial charge in [-0.25, -0.2) is 4.79 Å². The van der Waals surface area contributed by atoms with Gasteiger partial charge in [0.25, 0.3) is 0 Å². The van der Waals surface area contributed by atoms with E-state index in [1.165, 1.54) is 17.3 Å². The summed E-state index contributed by atoms with van der Waals surface area (Å²) in [5.41, 5.74) is 2.63. The molecule has 1 aliphatic rings. The molecule has 134 valence electrons. The van der Waals surface area contributed by atoms with E-state index in [1.807, 2.05) is 12.1 Å². The van der Waals surface area contributed by atoms with Crippen molar-refractivity contribution >= 4 is 14.3 Å². The highest BCUT2D eigenvalue weighted by Gasteiger charge is 2.44. The number of carboxylic acids is 1. The van der Waals surface area contributed by atoms with Gasteiger partial charge in [0.15, 0.2) is 8.32 Å². The van der Waals surface area contributed by atoms with Gasteiger partial charge in [0, 0.05) is 12.6 Å². The fourth-order valence-electron chi connectivity index (χ4n) is 3.11. The van der Waals surface area contributed by atoms with Crippen LogP contribution < -0.4 is 0 Å². The van der Waals surface area contributed by atoms with Gasteiger partial charge in [-0.15, -0.1) is 0 Å². The molecule has 0 bridgehead atoms. The van der Waals surface area contributed by atoms with Crippen LogP contribution in [0.2, 0.25) is 18.1 Å². The molecule has 5 nitrogen and oxygen atoms in total. The third-order valence-corrected chi connectivity index (χ3v) is 10.0. The van der Waals surface area contributed by atoms with Crippen LogP contribution in [0, 0.1) is 0 Å². The zero-order valence-corrected chi connectivity index (χ0v) is 16.5. The van der Waals surface area contributed by atoms with Crippen LogP contribution in [0.4, 0.5) is 0 Å². The van der Waals surface area contributed by atoms with Crippen molar-refractivity contribution < 1.29 is 14.3 Å². The van der Waals surface area contributed by atoms with Gasteiger partial charge in [0.2, 0.25) is 0 Å². The van der Waals surface area contributed by atoms with Crippen molar-refractivity contribution in [3.63, 3.8) is 0 Å². The van der Waals surface area contributed by atoms with Crippen LogP contribution in [0.15, 0.2) is 36.7 Å². The number of carboxylic acid groups (broad SMARTS) is 1. The summed E-state index contributed by atoms with van der Waals surface area (Å²) in [6.45, 7) is 11.2. The predicted molar refractivity (Wildman–Crippen MR) is 99.5 cm³/mol. The highest BCUT2D eigenvalue weighted by atomic mass is 28.4. The number of hydrogen-bond acceptors (Lipinski definition) is 3. The van der Waals surface area contributed by atoms with Gasteiger partial charge in [-0.1, -0.05) is 45.0 Å². The van der Waals surface area contributed by atoms with Crippen molar-refractivity contribution in [3.05, 3.63) is 53.3 Å². The second kappa shape index (κ2) is 6.11. The number of rotatable bonds is 4. The summed E-state index contributed by atoms with van der Waals surface area (Å²) in [5.74, 6) is -0.959. The SMILES string of the molecule is CC(C)(C)[Si](C)(C)OC1Cc2ccccc2C1n1cc(C(=O)O)cn1. The Morgan fingerprint density at radius 3 is 2.60 bits per heavy atom. The van der Waals surface area contributed by atoms with E-state index < -0.39 is 14.3 Å². The molecule has 0 radical (unpaired) electrons. The Kier molecular flexibility index (Phi) is 4.37. The maximum Gasteiger partial charge on any atom is 0.338 e. The van der Waals surface area contributed by atoms with E-state index in [1.54, 1.807) is 10.9 Å². The topological polar surface area (TPSA) is 64.3 Å². The lowest BCUT2D eigenvalue weighted by Crippen LogP contribution is -2.45. The van der Waals surface area contributed by atoms with E-state index in [0.717, 1.165) is 6.42 Å². The molecular weight excluding hydrogens is 332 g/mol. The second-order valence-electron chi connectivity index (χ2n) is 8.28. The fourth-order valence-corrected chi connectivity index (χ4v) is 4.43. The molecule has 0 amide bonds. The van der Waals surface area contributed by atoms with Gasteiger partial charge in [-0.05, 0) is 29.3 Å². The molecule has 6 heteroatoms. The zero-order chi connectivity index (χ0) is 18.4. The highest BCUT2D eigenvalue weighted by Crippen LogP contribution is 2.43. The molecule has 3 rings (SSSR count). The summed E-state index contributed by atoms with van der Waals surface area (Å²) in [6.07, 6.45) is 3.82. The van der Waals surface area contributed by atoms with Crippen molar-refractivity contribution in [1.29, 1.82) is 0 Å². The van der Waals surface area contributed by atoms with Crippen molar-refractivity contribution in [2.45, 2.75) is 57.5 Å². The molecule has 0 spiro atoms. The van der Waals surface area contributed by atoms with Crippen LogP contribution >= 0.6 is 0 Å². The van der Waals surface area contributed by atoms with Crippen molar-refractivity contribution in [2.24, 2.45) is 0 Å². The first-order valence-electron chi connectivity index (χ1n) is 8.63. The van der Waals surface area contributed by atoms with Gasteiger partial charge in [0.05, 0.1) is 17.9 Å². The lowest BCUT2D eigenvalue weighted by atomic mass is 10.1. The van der Waals surface area contributed by atoms with Crippen molar-refractivity contribution in [3.8, 4) is 0 Å². The smallest absolute Gasteiger partial charge is 0.338 e. The van der Waals surface area contributed by atoms with E-state index >= 15 is 0 Å². The minimum atomic E-state index is -1.96. The molecule has 2 unspecified atom stereocenters. The number of aromatic carboxylic acids is 1. The molecule has 0 saturated heterocycles. The first-order chi connectivity index (χ1) is 11.6. The fraction of sp³-hybridized carbons (Fsp3) is 0.474. The molecule has 1 aromatic carbocycles. The van der Waals surface area contributed by atoms with Crippen LogP contribution in [0.3, 0.4) is 0 Å². The Hall–Kier alpha value is -1.92. The minimum absolute atomic E-state index is 0.0279. The zero-order valence-electron chi connectivity index (χ0n) is 15.5. The normalized spacial score (nSPS) is 20.5. The Morgan fingerprint density at radius 2 is 2.00 bits per heavy atom. The van der Waals surface area contributed by atoms with Crippen LogP contribution in [-0.2, 0) is 10.8 Å². The molecule has 0 saturated carbocycles. The number of carbonyl (C=O) groups is 1. The van der Waals surface area contributed by atoms with E-state index in [2.05, 4.69) is 51.1 Å². The summed E-state index contributed by atoms with van der Waals surface area (Å²) < 4.78 is 8.47. The van der Waals surface area contributed by atoms with Crippen molar-refractivity contribution in [2.75, 3.05) is 0 Å². The van der Waals surface area contributed by atoms with Gasteiger partial charge >= 0.3 is 5.97 Å². The number of aromatic nitrogens is 2. The third kappa shape index (κ3) is 3.28. The molecule has 1 aromatic heterocycles. The molecule has 1 N–H and O–H groups in total. The summed E-state index contributed by atoms with van der Waals surface area (Å²) in [5, 5.41) is 13.7. The highest BCUT2D eigenvalue weighted by molar-refractivity contribution is 6.74. The summed E-state index contributed by atoms with van der Waals surface area (Å²) in [7, 11) is -1.96. The number of hydrogen-bond donors (Lipinski definition) is 1. The van der Waals surface area contributed by atoms with Crippen molar-refractivity contribution in [1.82, 2.24) is 9.78 Å². The standard InChI is InChI=1S/C19H26N2O3Si/c1-19(2,3)25(4,5)24-16-10-13-8-6-7-9-15(13)17(16)21-12-14(11-20-21)18(22)23/h6-9,11-12,16-17H,10H2,1-5H3,(H,22,23). The monoisotopic (exact) mass is 358 g/mol. The van der Waals surface area contributed by atoms with Crippen LogP contribution in [0.1, 0.15) is 48.3 Å². The van der Waals surface area contributed by atoms with Gasteiger partial charge in [0.1, 0.15) is 6.04 Å². The quantitative estimate of drug-likeness (QED) is 0.835. The molecule has 2 atom stereocenters. The Morgan fingerprint density at radius 1 is 1.32 bits per heavy atom. The lowest BCUT2D eigenvalue weighted by molar-refractivity contribution is 0.0696. The van der Waals surface area contributed by atoms with E-state index in [0.29, 0.717) is 0 Å². The maximum atomic E-state index is 11.2. The molecule has 0 fully saturated rings. The van der Waals surface area contributed by atoms with Gasteiger partial charge in [-0.3, -0.25) is 4.68 Å². The molecule has 2 aromatic rings. The van der Waals surface area contributed by atoms with E-state index in [9.17, 15) is 9.90 Å². The van der Waals surface area contributed by atoms with Crippen LogP contribution in [0.5, 0.6) is 0 Å². The Bertz CT molecular complexity index is 792. The summed E-state index contributed by atoms with van der Waals surface area (Å²) in [4.78, 5) is 11.2. The Balaban J connectivity index is 1.99. The molecular formula is C19H26N2O3Si. The molecule has 0 aliphatic heterocycles. The third-order valence-electron chi connectivity index (χ3n) is 5.53. The predicted octanol–water partition coefficient (Wildman–Crippen LogP) is 4.12. The van der Waals surface area contributed by atoms with E-state index in [-0.39, 0.29) is 22.7 Å². The second-order valence-corrected chi connectivity index (χ2v) is 13.0. The average molecular weight is 359 g/mol. The van der Waals surface area contributed by atoms with Gasteiger partial charge < -0.3 is 9.53 Å². The first kappa shape index (κ1) is 17.9.